The minimum atomic E-state index is -3.47. The van der Waals surface area contributed by atoms with Gasteiger partial charge < -0.3 is 17.7 Å². The van der Waals surface area contributed by atoms with Gasteiger partial charge in [0.15, 0.2) is 0 Å². The molecule has 4 nitrogen and oxygen atoms in total. The lowest BCUT2D eigenvalue weighted by molar-refractivity contribution is 0.576. The van der Waals surface area contributed by atoms with Crippen molar-refractivity contribution in [3.63, 3.8) is 0 Å². The molecule has 0 heterocycles. The average Bonchev–Trinajstić information content (AvgIpc) is 0.751. The van der Waals surface area contributed by atoms with Crippen molar-refractivity contribution in [2.75, 3.05) is 0 Å². The molecule has 0 spiro atoms. The molecule has 0 bridgehead atoms. The monoisotopic (exact) mass is 1780 g/mol. The van der Waals surface area contributed by atoms with Crippen molar-refractivity contribution in [1.29, 1.82) is 0 Å². The molecule has 0 atom stereocenters. The number of hydrogen-bond donors (Lipinski definition) is 0. The number of halogens is 8. The van der Waals surface area contributed by atoms with Crippen molar-refractivity contribution in [1.82, 2.24) is 0 Å². The van der Waals surface area contributed by atoms with Crippen molar-refractivity contribution >= 4 is 188 Å². The first kappa shape index (κ1) is 81.5. The van der Waals surface area contributed by atoms with E-state index in [2.05, 4.69) is 170 Å². The zero-order valence-electron chi connectivity index (χ0n) is 64.4. The molecule has 17 aromatic rings. The Kier molecular flexibility index (Phi) is 24.6. The molecule has 0 aromatic heterocycles. The summed E-state index contributed by atoms with van der Waals surface area (Å²) in [6.45, 7) is 0. The first-order valence-electron chi connectivity index (χ1n) is 39.2. The van der Waals surface area contributed by atoms with Crippen LogP contribution in [0.2, 0.25) is 40.2 Å². The van der Waals surface area contributed by atoms with Crippen LogP contribution >= 0.6 is 92.8 Å². The van der Waals surface area contributed by atoms with Crippen LogP contribution in [0.4, 0.5) is 0 Å². The molecule has 0 aliphatic heterocycles. The van der Waals surface area contributed by atoms with Gasteiger partial charge in [0.2, 0.25) is 0 Å². The lowest BCUT2D eigenvalue weighted by Gasteiger charge is -2.35. The van der Waals surface area contributed by atoms with Gasteiger partial charge in [-0.1, -0.05) is 481 Å². The van der Waals surface area contributed by atoms with Crippen molar-refractivity contribution in [3.8, 4) is 23.0 Å². The van der Waals surface area contributed by atoms with E-state index >= 15 is 0 Å². The van der Waals surface area contributed by atoms with E-state index in [0.717, 1.165) is 73.4 Å². The van der Waals surface area contributed by atoms with Gasteiger partial charge in [0, 0.05) is 11.8 Å². The Balaban J connectivity index is 0.847. The number of rotatable bonds is 26. The fourth-order valence-corrected chi connectivity index (χ4v) is 35.1. The highest BCUT2D eigenvalue weighted by atomic mass is 35.5. The molecule has 0 aliphatic rings. The lowest BCUT2D eigenvalue weighted by Crippen LogP contribution is -2.71. The summed E-state index contributed by atoms with van der Waals surface area (Å²) >= 11 is 63.0. The van der Waals surface area contributed by atoms with E-state index in [1.165, 1.54) is 0 Å². The standard InChI is InChI=1S/C104H74Cl8O4Si4/c105-91-65-75(66-92(106)101(91)113-117(79-37-13-1-14-38-79,80-39-15-2-16-40-80)81-41-17-3-18-42-81)99(76-67-93(107)102(94(108)68-76)114-118(82-43-19-4-20-44-82,83-45-21-5-22-46-83)84-47-23-6-24-48-84)73-61-63-74(64-62-73)100(77-69-95(109)103(96(110)70-77)115-119(85-49-25-7-26-50-85,86-51-27-8-28-52-86)87-53-29-9-30-54-87)78-71-97(111)104(98(112)72-78)116-120(88-55-31-10-32-56-88,89-57-33-11-34-58-89)90-59-35-12-36-60-90/h1-72,99-100H. The Morgan fingerprint density at radius 1 is 0.142 bits per heavy atom. The minimum Gasteiger partial charge on any atom is -0.528 e. The summed E-state index contributed by atoms with van der Waals surface area (Å²) in [5, 5.41) is 14.3. The summed E-state index contributed by atoms with van der Waals surface area (Å²) in [6.07, 6.45) is 0. The predicted molar refractivity (Wildman–Crippen MR) is 513 cm³/mol. The van der Waals surface area contributed by atoms with Gasteiger partial charge in [-0.15, -0.1) is 0 Å². The van der Waals surface area contributed by atoms with E-state index in [4.69, 9.17) is 111 Å². The van der Waals surface area contributed by atoms with Gasteiger partial charge in [0.25, 0.3) is 0 Å². The molecule has 0 fully saturated rings. The van der Waals surface area contributed by atoms with E-state index in [9.17, 15) is 0 Å². The van der Waals surface area contributed by atoms with Gasteiger partial charge in [-0.2, -0.15) is 0 Å². The van der Waals surface area contributed by atoms with E-state index in [-0.39, 0.29) is 40.2 Å². The van der Waals surface area contributed by atoms with E-state index in [1.807, 2.05) is 267 Å². The lowest BCUT2D eigenvalue weighted by atomic mass is 9.81. The van der Waals surface area contributed by atoms with Crippen LogP contribution in [0.5, 0.6) is 23.0 Å². The molecule has 0 aliphatic carbocycles. The van der Waals surface area contributed by atoms with E-state index in [1.54, 1.807) is 0 Å². The van der Waals surface area contributed by atoms with Gasteiger partial charge in [-0.3, -0.25) is 0 Å². The SMILES string of the molecule is Clc1cc(C(c2ccc(C(c3cc(Cl)c(O[Si](c4ccccc4)(c4ccccc4)c4ccccc4)c(Cl)c3)c3cc(Cl)c(O[Si](c4ccccc4)(c4ccccc4)c4ccccc4)c(Cl)c3)cc2)c2cc(Cl)c(O[Si](c3ccccc3)(c3ccccc3)c3ccccc3)c(Cl)c2)cc(Cl)c1O[Si](c1ccccc1)(c1ccccc1)c1ccccc1. The highest BCUT2D eigenvalue weighted by molar-refractivity contribution is 7.09. The average molecular weight is 1780 g/mol. The Hall–Kier alpha value is -10.9. The highest BCUT2D eigenvalue weighted by Crippen LogP contribution is 2.49. The summed E-state index contributed by atoms with van der Waals surface area (Å²) in [6, 6.07) is 148. The first-order chi connectivity index (χ1) is 58.8. The molecule has 17 aromatic carbocycles. The summed E-state index contributed by atoms with van der Waals surface area (Å²) in [5.41, 5.74) is 4.47. The second-order valence-corrected chi connectivity index (χ2v) is 45.8. The topological polar surface area (TPSA) is 36.9 Å². The smallest absolute Gasteiger partial charge is 0.347 e. The Labute approximate surface area is 744 Å². The molecule has 16 heteroatoms. The van der Waals surface area contributed by atoms with Crippen LogP contribution < -0.4 is 79.9 Å². The second kappa shape index (κ2) is 36.2. The normalized spacial score (nSPS) is 11.8. The molecule has 0 radical (unpaired) electrons. The summed E-state index contributed by atoms with van der Waals surface area (Å²) in [5.74, 6) is -0.0248. The first-order valence-corrected chi connectivity index (χ1v) is 49.9. The van der Waals surface area contributed by atoms with E-state index in [0.29, 0.717) is 45.3 Å². The van der Waals surface area contributed by atoms with Crippen molar-refractivity contribution in [2.45, 2.75) is 11.8 Å². The van der Waals surface area contributed by atoms with Gasteiger partial charge in [0.05, 0.1) is 40.2 Å². The molecule has 0 unspecified atom stereocenters. The molecule has 0 N–H and O–H groups in total. The van der Waals surface area contributed by atoms with Gasteiger partial charge >= 0.3 is 33.3 Å². The highest BCUT2D eigenvalue weighted by Gasteiger charge is 2.50. The molecule has 586 valence electrons. The molecule has 0 saturated carbocycles. The van der Waals surface area contributed by atoms with Crippen LogP contribution in [-0.4, -0.2) is 33.3 Å². The zero-order chi connectivity index (χ0) is 82.2. The largest absolute Gasteiger partial charge is 0.528 e. The maximum Gasteiger partial charge on any atom is 0.347 e. The molecule has 0 amide bonds. The maximum atomic E-state index is 7.88. The van der Waals surface area contributed by atoms with E-state index < -0.39 is 45.1 Å². The number of hydrogen-bond acceptors (Lipinski definition) is 4. The fourth-order valence-electron chi connectivity index (χ4n) is 16.8. The quantitative estimate of drug-likeness (QED) is 0.0400. The van der Waals surface area contributed by atoms with Gasteiger partial charge in [-0.25, -0.2) is 0 Å². The second-order valence-electron chi connectivity index (χ2n) is 29.3. The maximum absolute atomic E-state index is 7.88. The van der Waals surface area contributed by atoms with Crippen LogP contribution in [0.25, 0.3) is 0 Å². The van der Waals surface area contributed by atoms with Crippen molar-refractivity contribution in [3.05, 3.63) is 510 Å². The van der Waals surface area contributed by atoms with Crippen LogP contribution in [0.15, 0.2) is 437 Å². The molecular weight excluding hydrogens is 1710 g/mol. The molecule has 17 rings (SSSR count). The summed E-state index contributed by atoms with van der Waals surface area (Å²) in [7, 11) is -13.9. The molecule has 0 saturated heterocycles. The third-order valence-electron chi connectivity index (χ3n) is 22.2. The zero-order valence-corrected chi connectivity index (χ0v) is 74.4. The van der Waals surface area contributed by atoms with Crippen LogP contribution in [-0.2, 0) is 0 Å². The summed E-state index contributed by atoms with van der Waals surface area (Å²) in [4.78, 5) is 0. The van der Waals surface area contributed by atoms with Gasteiger partial charge in [0.1, 0.15) is 23.0 Å². The predicted octanol–water partition coefficient (Wildman–Crippen LogP) is 21.5. The van der Waals surface area contributed by atoms with Crippen LogP contribution in [0.3, 0.4) is 0 Å². The third-order valence-corrected chi connectivity index (χ3v) is 40.2. The number of benzene rings is 17. The Morgan fingerprint density at radius 3 is 0.358 bits per heavy atom. The van der Waals surface area contributed by atoms with Crippen LogP contribution in [0, 0.1) is 0 Å². The van der Waals surface area contributed by atoms with Crippen molar-refractivity contribution in [2.24, 2.45) is 0 Å². The Bertz CT molecular complexity index is 5140. The van der Waals surface area contributed by atoms with Gasteiger partial charge in [-0.05, 0) is 144 Å². The molecular formula is C104H74Cl8O4Si4. The minimum absolute atomic E-state index is 0.287. The third kappa shape index (κ3) is 15.9. The Morgan fingerprint density at radius 2 is 0.250 bits per heavy atom. The van der Waals surface area contributed by atoms with Crippen molar-refractivity contribution < 1.29 is 17.7 Å². The molecule has 120 heavy (non-hydrogen) atoms. The fraction of sp³-hybridized carbons (Fsp3) is 0.0192. The van der Waals surface area contributed by atoms with Crippen LogP contribution in [0.1, 0.15) is 45.2 Å². The summed E-state index contributed by atoms with van der Waals surface area (Å²) < 4.78 is 30.8.